The molecule has 1 radical (unpaired) electrons. The first-order valence-electron chi connectivity index (χ1n) is 5.03. The van der Waals surface area contributed by atoms with Crippen molar-refractivity contribution >= 4 is 23.8 Å². The molecule has 0 N–H and O–H groups in total. The molecule has 1 aromatic heterocycles. The van der Waals surface area contributed by atoms with E-state index in [-0.39, 0.29) is 0 Å². The van der Waals surface area contributed by atoms with Crippen LogP contribution in [0.4, 0.5) is 0 Å². The Morgan fingerprint density at radius 2 is 2.00 bits per heavy atom. The highest BCUT2D eigenvalue weighted by Gasteiger charge is 1.94. The maximum absolute atomic E-state index is 6.04. The lowest BCUT2D eigenvalue weighted by molar-refractivity contribution is 1.18. The van der Waals surface area contributed by atoms with Crippen molar-refractivity contribution in [3.05, 3.63) is 64.4 Å². The van der Waals surface area contributed by atoms with E-state index < -0.39 is 0 Å². The van der Waals surface area contributed by atoms with Gasteiger partial charge in [-0.3, -0.25) is 4.98 Å². The average molecular weight is 229 g/mol. The lowest BCUT2D eigenvalue weighted by atomic mass is 10.2. The maximum Gasteiger partial charge on any atom is 0.0712 e. The molecule has 16 heavy (non-hydrogen) atoms. The zero-order valence-corrected chi connectivity index (χ0v) is 9.70. The molecule has 0 atom stereocenters. The molecule has 2 aromatic rings. The van der Waals surface area contributed by atoms with Gasteiger partial charge in [-0.2, -0.15) is 0 Å². The molecule has 0 spiro atoms. The van der Waals surface area contributed by atoms with Crippen LogP contribution in [0.3, 0.4) is 0 Å². The molecule has 2 rings (SSSR count). The largest absolute Gasteiger partial charge is 0.253 e. The van der Waals surface area contributed by atoms with E-state index in [4.69, 9.17) is 11.6 Å². The van der Waals surface area contributed by atoms with Crippen LogP contribution < -0.4 is 0 Å². The molecule has 1 aromatic carbocycles. The molecule has 79 valence electrons. The third kappa shape index (κ3) is 2.71. The lowest BCUT2D eigenvalue weighted by Crippen LogP contribution is -1.83. The minimum Gasteiger partial charge on any atom is -0.253 e. The van der Waals surface area contributed by atoms with Gasteiger partial charge in [-0.1, -0.05) is 41.9 Å². The molecule has 0 unspecified atom stereocenters. The maximum atomic E-state index is 6.04. The number of pyridine rings is 1. The van der Waals surface area contributed by atoms with Crippen LogP contribution in [-0.4, -0.2) is 4.98 Å². The summed E-state index contributed by atoms with van der Waals surface area (Å²) in [4.78, 5) is 4.33. The van der Waals surface area contributed by atoms with Gasteiger partial charge in [0.25, 0.3) is 0 Å². The zero-order valence-electron chi connectivity index (χ0n) is 8.94. The highest BCUT2D eigenvalue weighted by molar-refractivity contribution is 6.32. The van der Waals surface area contributed by atoms with Gasteiger partial charge in [0.1, 0.15) is 0 Å². The number of hydrogen-bond donors (Lipinski definition) is 0. The fourth-order valence-electron chi connectivity index (χ4n) is 1.37. The van der Waals surface area contributed by atoms with Gasteiger partial charge in [0.15, 0.2) is 0 Å². The van der Waals surface area contributed by atoms with Gasteiger partial charge in [-0.15, -0.1) is 0 Å². The number of hydrogen-bond acceptors (Lipinski definition) is 1. The van der Waals surface area contributed by atoms with E-state index in [1.807, 2.05) is 55.5 Å². The summed E-state index contributed by atoms with van der Waals surface area (Å²) in [6.45, 7) is 1.96. The molecule has 0 fully saturated rings. The Morgan fingerprint density at radius 3 is 2.75 bits per heavy atom. The normalized spacial score (nSPS) is 10.9. The number of aromatic nitrogens is 1. The topological polar surface area (TPSA) is 12.9 Å². The molecule has 0 aliphatic heterocycles. The Labute approximate surface area is 100 Å². The molecule has 0 bridgehead atoms. The van der Waals surface area contributed by atoms with E-state index in [0.717, 1.165) is 22.0 Å². The van der Waals surface area contributed by atoms with E-state index in [2.05, 4.69) is 11.1 Å². The Bertz CT molecular complexity index is 518. The number of benzene rings is 1. The molecule has 0 amide bonds. The highest BCUT2D eigenvalue weighted by atomic mass is 35.5. The zero-order chi connectivity index (χ0) is 11.4. The Hall–Kier alpha value is -1.60. The number of aryl methyl sites for hydroxylation is 1. The third-order valence-corrected chi connectivity index (χ3v) is 2.52. The molecular formula is C14H11ClN. The first-order valence-corrected chi connectivity index (χ1v) is 5.41. The van der Waals surface area contributed by atoms with E-state index >= 15 is 0 Å². The summed E-state index contributed by atoms with van der Waals surface area (Å²) in [5, 5.41) is 0.742. The van der Waals surface area contributed by atoms with Crippen molar-refractivity contribution < 1.29 is 0 Å². The predicted octanol–water partition coefficient (Wildman–Crippen LogP) is 4.01. The van der Waals surface area contributed by atoms with Gasteiger partial charge in [0, 0.05) is 16.8 Å². The standard InChI is InChI=1S/C14H11ClN/c1-11-5-4-7-13(16-11)10-9-12-6-2-3-8-14(12)15/h2-6,8-10H,1H3. The Balaban J connectivity index is 2.25. The summed E-state index contributed by atoms with van der Waals surface area (Å²) in [6.07, 6.45) is 3.86. The molecule has 2 heteroatoms. The second kappa shape index (κ2) is 4.95. The second-order valence-corrected chi connectivity index (χ2v) is 3.88. The summed E-state index contributed by atoms with van der Waals surface area (Å²) in [5.74, 6) is 0. The monoisotopic (exact) mass is 228 g/mol. The summed E-state index contributed by atoms with van der Waals surface area (Å²) in [6, 6.07) is 14.6. The van der Waals surface area contributed by atoms with E-state index in [1.54, 1.807) is 0 Å². The van der Waals surface area contributed by atoms with Crippen LogP contribution in [0.1, 0.15) is 17.0 Å². The number of halogens is 1. The van der Waals surface area contributed by atoms with Crippen molar-refractivity contribution in [3.63, 3.8) is 0 Å². The van der Waals surface area contributed by atoms with Gasteiger partial charge in [-0.05, 0) is 30.7 Å². The molecule has 0 saturated carbocycles. The van der Waals surface area contributed by atoms with Gasteiger partial charge < -0.3 is 0 Å². The molecule has 1 nitrogen and oxygen atoms in total. The fraction of sp³-hybridized carbons (Fsp3) is 0.0714. The van der Waals surface area contributed by atoms with Gasteiger partial charge in [0.2, 0.25) is 0 Å². The predicted molar refractivity (Wildman–Crippen MR) is 68.2 cm³/mol. The van der Waals surface area contributed by atoms with Crippen molar-refractivity contribution in [1.29, 1.82) is 0 Å². The van der Waals surface area contributed by atoms with Crippen molar-refractivity contribution in [2.24, 2.45) is 0 Å². The molecule has 0 aliphatic rings. The summed E-state index contributed by atoms with van der Waals surface area (Å²) in [5.41, 5.74) is 2.79. The van der Waals surface area contributed by atoms with Crippen LogP contribution in [0.2, 0.25) is 5.02 Å². The average Bonchev–Trinajstić information content (AvgIpc) is 2.28. The van der Waals surface area contributed by atoms with Crippen molar-refractivity contribution in [2.75, 3.05) is 0 Å². The van der Waals surface area contributed by atoms with E-state index in [9.17, 15) is 0 Å². The highest BCUT2D eigenvalue weighted by Crippen LogP contribution is 2.17. The number of nitrogens with zero attached hydrogens (tertiary/aromatic N) is 1. The summed E-state index contributed by atoms with van der Waals surface area (Å²) < 4.78 is 0. The number of rotatable bonds is 2. The van der Waals surface area contributed by atoms with Crippen LogP contribution in [0.15, 0.2) is 36.4 Å². The minimum atomic E-state index is 0.742. The fourth-order valence-corrected chi connectivity index (χ4v) is 1.57. The molecule has 1 heterocycles. The van der Waals surface area contributed by atoms with E-state index in [1.165, 1.54) is 0 Å². The smallest absolute Gasteiger partial charge is 0.0712 e. The Morgan fingerprint density at radius 1 is 1.19 bits per heavy atom. The summed E-state index contributed by atoms with van der Waals surface area (Å²) >= 11 is 6.04. The minimum absolute atomic E-state index is 0.742. The molecular weight excluding hydrogens is 218 g/mol. The lowest BCUT2D eigenvalue weighted by Gasteiger charge is -1.97. The van der Waals surface area contributed by atoms with Crippen LogP contribution >= 0.6 is 11.6 Å². The molecule has 0 aliphatic carbocycles. The van der Waals surface area contributed by atoms with Gasteiger partial charge in [-0.25, -0.2) is 0 Å². The van der Waals surface area contributed by atoms with Crippen molar-refractivity contribution in [2.45, 2.75) is 6.92 Å². The first-order chi connectivity index (χ1) is 7.75. The Kier molecular flexibility index (Phi) is 3.37. The van der Waals surface area contributed by atoms with Crippen LogP contribution in [0, 0.1) is 13.0 Å². The van der Waals surface area contributed by atoms with Gasteiger partial charge in [0.05, 0.1) is 5.69 Å². The quantitative estimate of drug-likeness (QED) is 0.757. The SMILES string of the molecule is Cc1cc[c]c(C=Cc2ccccc2Cl)n1. The van der Waals surface area contributed by atoms with Crippen molar-refractivity contribution in [1.82, 2.24) is 4.98 Å². The first kappa shape index (κ1) is 10.9. The van der Waals surface area contributed by atoms with Crippen LogP contribution in [0.25, 0.3) is 12.2 Å². The van der Waals surface area contributed by atoms with Gasteiger partial charge >= 0.3 is 0 Å². The van der Waals surface area contributed by atoms with Crippen molar-refractivity contribution in [3.8, 4) is 0 Å². The van der Waals surface area contributed by atoms with E-state index in [0.29, 0.717) is 0 Å². The molecule has 0 saturated heterocycles. The van der Waals surface area contributed by atoms with Crippen LogP contribution in [-0.2, 0) is 0 Å². The second-order valence-electron chi connectivity index (χ2n) is 3.47. The summed E-state index contributed by atoms with van der Waals surface area (Å²) in [7, 11) is 0. The third-order valence-electron chi connectivity index (χ3n) is 2.18. The van der Waals surface area contributed by atoms with Crippen LogP contribution in [0.5, 0.6) is 0 Å².